The van der Waals surface area contributed by atoms with E-state index in [0.29, 0.717) is 0 Å². The summed E-state index contributed by atoms with van der Waals surface area (Å²) in [7, 11) is -4.00. The van der Waals surface area contributed by atoms with E-state index in [1.54, 1.807) is 6.92 Å². The Morgan fingerprint density at radius 1 is 1.25 bits per heavy atom. The number of carbonyl (C=O) groups is 1. The standard InChI is InChI=1S/C18H20FN3O5S/c1-4-15(21(28(3,26)27)17-10-6-5-8-13(17)19)18(23)20-14-9-7-11-16(12(14)2)22(24)25/h5-11,15H,4H2,1-3H3,(H,20,23). The van der Waals surface area contributed by atoms with Crippen LogP contribution in [-0.4, -0.2) is 31.5 Å². The van der Waals surface area contributed by atoms with Crippen LogP contribution >= 0.6 is 0 Å². The van der Waals surface area contributed by atoms with Crippen LogP contribution in [0.4, 0.5) is 21.5 Å². The van der Waals surface area contributed by atoms with Crippen molar-refractivity contribution in [1.82, 2.24) is 0 Å². The first-order valence-electron chi connectivity index (χ1n) is 8.36. The molecule has 0 fully saturated rings. The van der Waals surface area contributed by atoms with Crippen LogP contribution in [0, 0.1) is 22.9 Å². The number of nitrogens with zero attached hydrogens (tertiary/aromatic N) is 2. The van der Waals surface area contributed by atoms with Crippen molar-refractivity contribution < 1.29 is 22.5 Å². The van der Waals surface area contributed by atoms with Crippen molar-refractivity contribution in [2.75, 3.05) is 15.9 Å². The summed E-state index contributed by atoms with van der Waals surface area (Å²) in [5.74, 6) is -1.51. The van der Waals surface area contributed by atoms with Crippen molar-refractivity contribution >= 4 is 33.0 Å². The highest BCUT2D eigenvalue weighted by Crippen LogP contribution is 2.28. The van der Waals surface area contributed by atoms with Crippen LogP contribution in [0.1, 0.15) is 18.9 Å². The van der Waals surface area contributed by atoms with Gasteiger partial charge in [0.2, 0.25) is 15.9 Å². The summed E-state index contributed by atoms with van der Waals surface area (Å²) >= 11 is 0. The Hall–Kier alpha value is -3.01. The van der Waals surface area contributed by atoms with Crippen LogP contribution in [-0.2, 0) is 14.8 Å². The van der Waals surface area contributed by atoms with Crippen molar-refractivity contribution in [3.05, 3.63) is 64.0 Å². The Labute approximate surface area is 162 Å². The van der Waals surface area contributed by atoms with Gasteiger partial charge in [0.05, 0.1) is 28.1 Å². The second-order valence-electron chi connectivity index (χ2n) is 6.13. The summed E-state index contributed by atoms with van der Waals surface area (Å²) in [6.45, 7) is 3.06. The lowest BCUT2D eigenvalue weighted by Crippen LogP contribution is -2.47. The predicted octanol–water partition coefficient (Wildman–Crippen LogP) is 3.23. The maximum atomic E-state index is 14.3. The second kappa shape index (κ2) is 8.34. The molecule has 1 N–H and O–H groups in total. The molecule has 0 radical (unpaired) electrons. The number of carbonyl (C=O) groups excluding carboxylic acids is 1. The third-order valence-corrected chi connectivity index (χ3v) is 5.35. The van der Waals surface area contributed by atoms with Gasteiger partial charge in [-0.05, 0) is 31.5 Å². The molecule has 8 nitrogen and oxygen atoms in total. The van der Waals surface area contributed by atoms with Crippen LogP contribution in [0.2, 0.25) is 0 Å². The molecule has 0 aliphatic carbocycles. The minimum atomic E-state index is -4.00. The molecule has 150 valence electrons. The van der Waals surface area contributed by atoms with Gasteiger partial charge in [0.15, 0.2) is 0 Å². The SMILES string of the molecule is CCC(C(=O)Nc1cccc([N+](=O)[O-])c1C)N(c1ccccc1F)S(C)(=O)=O. The van der Waals surface area contributed by atoms with Gasteiger partial charge in [-0.15, -0.1) is 0 Å². The van der Waals surface area contributed by atoms with E-state index < -0.39 is 32.7 Å². The highest BCUT2D eigenvalue weighted by Gasteiger charge is 2.33. The molecule has 1 atom stereocenters. The number of amides is 1. The summed E-state index contributed by atoms with van der Waals surface area (Å²) in [4.78, 5) is 23.3. The fourth-order valence-corrected chi connectivity index (χ4v) is 4.05. The van der Waals surface area contributed by atoms with Crippen molar-refractivity contribution in [1.29, 1.82) is 0 Å². The summed E-state index contributed by atoms with van der Waals surface area (Å²) < 4.78 is 39.7. The average Bonchev–Trinajstić information content (AvgIpc) is 2.61. The van der Waals surface area contributed by atoms with Gasteiger partial charge in [0.25, 0.3) is 5.69 Å². The molecule has 1 unspecified atom stereocenters. The molecule has 0 aromatic heterocycles. The van der Waals surface area contributed by atoms with Crippen LogP contribution < -0.4 is 9.62 Å². The molecule has 1 amide bonds. The Morgan fingerprint density at radius 3 is 2.43 bits per heavy atom. The lowest BCUT2D eigenvalue weighted by Gasteiger charge is -2.30. The van der Waals surface area contributed by atoms with Crippen molar-refractivity contribution in [3.63, 3.8) is 0 Å². The number of rotatable bonds is 7. The van der Waals surface area contributed by atoms with Gasteiger partial charge in [-0.3, -0.25) is 19.2 Å². The monoisotopic (exact) mass is 409 g/mol. The van der Waals surface area contributed by atoms with Gasteiger partial charge in [0, 0.05) is 6.07 Å². The molecule has 0 aliphatic rings. The normalized spacial score (nSPS) is 12.3. The van der Waals surface area contributed by atoms with Gasteiger partial charge in [0.1, 0.15) is 11.9 Å². The molecular formula is C18H20FN3O5S. The van der Waals surface area contributed by atoms with Gasteiger partial charge < -0.3 is 5.32 Å². The number of nitrogens with one attached hydrogen (secondary N) is 1. The smallest absolute Gasteiger partial charge is 0.274 e. The Kier molecular flexibility index (Phi) is 6.34. The number of halogens is 1. The second-order valence-corrected chi connectivity index (χ2v) is 7.99. The summed E-state index contributed by atoms with van der Waals surface area (Å²) in [6, 6.07) is 8.18. The third-order valence-electron chi connectivity index (χ3n) is 4.18. The molecule has 2 aromatic rings. The van der Waals surface area contributed by atoms with Gasteiger partial charge in [-0.25, -0.2) is 12.8 Å². The first-order chi connectivity index (χ1) is 13.1. The van der Waals surface area contributed by atoms with E-state index in [-0.39, 0.29) is 29.0 Å². The minimum Gasteiger partial charge on any atom is -0.324 e. The van der Waals surface area contributed by atoms with Crippen LogP contribution in [0.25, 0.3) is 0 Å². The van der Waals surface area contributed by atoms with E-state index in [9.17, 15) is 27.7 Å². The summed E-state index contributed by atoms with van der Waals surface area (Å²) in [6.07, 6.45) is 0.940. The highest BCUT2D eigenvalue weighted by molar-refractivity contribution is 7.92. The Bertz CT molecular complexity index is 1010. The predicted molar refractivity (Wildman–Crippen MR) is 104 cm³/mol. The zero-order chi connectivity index (χ0) is 21.1. The topological polar surface area (TPSA) is 110 Å². The first kappa shape index (κ1) is 21.3. The quantitative estimate of drug-likeness (QED) is 0.558. The summed E-state index contributed by atoms with van der Waals surface area (Å²) in [5, 5.41) is 13.6. The van der Waals surface area contributed by atoms with E-state index in [1.807, 2.05) is 0 Å². The lowest BCUT2D eigenvalue weighted by atomic mass is 10.1. The van der Waals surface area contributed by atoms with E-state index in [4.69, 9.17) is 0 Å². The molecule has 0 saturated carbocycles. The fourth-order valence-electron chi connectivity index (χ4n) is 2.84. The van der Waals surface area contributed by atoms with E-state index in [1.165, 1.54) is 43.3 Å². The zero-order valence-electron chi connectivity index (χ0n) is 15.5. The lowest BCUT2D eigenvalue weighted by molar-refractivity contribution is -0.385. The molecule has 28 heavy (non-hydrogen) atoms. The fraction of sp³-hybridized carbons (Fsp3) is 0.278. The number of anilines is 2. The molecule has 0 saturated heterocycles. The Balaban J connectivity index is 2.45. The van der Waals surface area contributed by atoms with Crippen LogP contribution in [0.5, 0.6) is 0 Å². The molecule has 0 aliphatic heterocycles. The molecule has 2 rings (SSSR count). The van der Waals surface area contributed by atoms with Gasteiger partial charge in [-0.2, -0.15) is 0 Å². The molecule has 0 spiro atoms. The molecule has 2 aromatic carbocycles. The average molecular weight is 409 g/mol. The molecule has 10 heteroatoms. The van der Waals surface area contributed by atoms with Gasteiger partial charge in [-0.1, -0.05) is 25.1 Å². The highest BCUT2D eigenvalue weighted by atomic mass is 32.2. The maximum absolute atomic E-state index is 14.3. The minimum absolute atomic E-state index is 0.0568. The van der Waals surface area contributed by atoms with Crippen LogP contribution in [0.3, 0.4) is 0 Å². The number of nitro groups is 1. The van der Waals surface area contributed by atoms with E-state index >= 15 is 0 Å². The number of hydrogen-bond acceptors (Lipinski definition) is 5. The number of benzene rings is 2. The number of nitro benzene ring substituents is 1. The van der Waals surface area contributed by atoms with Crippen molar-refractivity contribution in [2.45, 2.75) is 26.3 Å². The van der Waals surface area contributed by atoms with Crippen molar-refractivity contribution in [2.24, 2.45) is 0 Å². The largest absolute Gasteiger partial charge is 0.324 e. The van der Waals surface area contributed by atoms with E-state index in [0.717, 1.165) is 16.6 Å². The number of para-hydroxylation sites is 1. The molecule has 0 heterocycles. The number of sulfonamides is 1. The molecule has 0 bridgehead atoms. The zero-order valence-corrected chi connectivity index (χ0v) is 16.4. The Morgan fingerprint density at radius 2 is 1.89 bits per heavy atom. The summed E-state index contributed by atoms with van der Waals surface area (Å²) in [5.41, 5.74) is -0.0187. The molecular weight excluding hydrogens is 389 g/mol. The first-order valence-corrected chi connectivity index (χ1v) is 10.2. The van der Waals surface area contributed by atoms with Crippen LogP contribution in [0.15, 0.2) is 42.5 Å². The van der Waals surface area contributed by atoms with Crippen molar-refractivity contribution in [3.8, 4) is 0 Å². The number of hydrogen-bond donors (Lipinski definition) is 1. The van der Waals surface area contributed by atoms with E-state index in [2.05, 4.69) is 5.32 Å². The van der Waals surface area contributed by atoms with Gasteiger partial charge >= 0.3 is 0 Å². The third kappa shape index (κ3) is 4.45. The maximum Gasteiger partial charge on any atom is 0.274 e.